The molecule has 0 aliphatic carbocycles. The first kappa shape index (κ1) is 10.3. The molecular formula is C13H14OS2. The van der Waals surface area contributed by atoms with Crippen LogP contribution >= 0.6 is 22.1 Å². The fourth-order valence-corrected chi connectivity index (χ4v) is 6.59. The fourth-order valence-electron chi connectivity index (χ4n) is 2.11. The average Bonchev–Trinajstić information content (AvgIpc) is 2.36. The third-order valence-electron chi connectivity index (χ3n) is 2.94. The van der Waals surface area contributed by atoms with Crippen LogP contribution < -0.4 is 0 Å². The van der Waals surface area contributed by atoms with Crippen molar-refractivity contribution < 1.29 is 4.55 Å². The molecule has 0 bridgehead atoms. The Hall–Kier alpha value is -0.900. The summed E-state index contributed by atoms with van der Waals surface area (Å²) in [4.78, 5) is 4.96. The molecule has 0 saturated carbocycles. The topological polar surface area (TPSA) is 20.2 Å². The van der Waals surface area contributed by atoms with E-state index < -0.39 is 11.2 Å². The van der Waals surface area contributed by atoms with E-state index in [0.29, 0.717) is 0 Å². The first-order valence-corrected chi connectivity index (χ1v) is 8.28. The Balaban J connectivity index is 2.26. The van der Waals surface area contributed by atoms with Crippen LogP contribution in [-0.2, 0) is 0 Å². The third kappa shape index (κ3) is 1.39. The van der Waals surface area contributed by atoms with Gasteiger partial charge in [0.15, 0.2) is 0 Å². The smallest absolute Gasteiger partial charge is 0.0263 e. The summed E-state index contributed by atoms with van der Waals surface area (Å²) < 4.78 is 10.4. The Morgan fingerprint density at radius 1 is 0.750 bits per heavy atom. The van der Waals surface area contributed by atoms with Gasteiger partial charge in [-0.15, -0.1) is 0 Å². The summed E-state index contributed by atoms with van der Waals surface area (Å²) >= 11 is -1.13. The standard InChI is InChI=1S/C13H14OS2/c1-15-10-6-2-4-8-12(10)16(14)13-9-5-3-7-11(13)15/h2-9,14-16H,1H3. The van der Waals surface area contributed by atoms with E-state index in [9.17, 15) is 4.55 Å². The highest BCUT2D eigenvalue weighted by molar-refractivity contribution is 8.20. The van der Waals surface area contributed by atoms with E-state index in [1.165, 1.54) is 9.79 Å². The Bertz CT molecular complexity index is 443. The van der Waals surface area contributed by atoms with Gasteiger partial charge in [0.2, 0.25) is 0 Å². The zero-order valence-electron chi connectivity index (χ0n) is 8.96. The van der Waals surface area contributed by atoms with Gasteiger partial charge in [0.05, 0.1) is 0 Å². The van der Waals surface area contributed by atoms with Crippen LogP contribution in [0.15, 0.2) is 68.1 Å². The van der Waals surface area contributed by atoms with Crippen molar-refractivity contribution in [2.24, 2.45) is 0 Å². The molecule has 0 atom stereocenters. The number of benzene rings is 2. The second-order valence-corrected chi connectivity index (χ2v) is 7.52. The molecule has 16 heavy (non-hydrogen) atoms. The molecular weight excluding hydrogens is 236 g/mol. The van der Waals surface area contributed by atoms with E-state index in [1.807, 2.05) is 12.1 Å². The summed E-state index contributed by atoms with van der Waals surface area (Å²) in [7, 11) is -0.294. The van der Waals surface area contributed by atoms with Crippen LogP contribution in [0.1, 0.15) is 0 Å². The van der Waals surface area contributed by atoms with E-state index in [4.69, 9.17) is 0 Å². The normalized spacial score (nSPS) is 26.9. The number of hydrogen-bond donors (Lipinski definition) is 3. The van der Waals surface area contributed by atoms with Crippen LogP contribution in [0.4, 0.5) is 0 Å². The van der Waals surface area contributed by atoms with Crippen molar-refractivity contribution in [3.63, 3.8) is 0 Å². The van der Waals surface area contributed by atoms with Crippen LogP contribution in [0, 0.1) is 0 Å². The van der Waals surface area contributed by atoms with Gasteiger partial charge < -0.3 is 4.55 Å². The van der Waals surface area contributed by atoms with Gasteiger partial charge in [0.1, 0.15) is 0 Å². The number of fused-ring (bicyclic) bond motifs is 2. The molecule has 84 valence electrons. The van der Waals surface area contributed by atoms with Crippen molar-refractivity contribution in [1.82, 2.24) is 0 Å². The lowest BCUT2D eigenvalue weighted by Gasteiger charge is -2.33. The summed E-state index contributed by atoms with van der Waals surface area (Å²) in [5.74, 6) is 0. The molecule has 0 unspecified atom stereocenters. The van der Waals surface area contributed by atoms with Crippen molar-refractivity contribution in [3.05, 3.63) is 48.5 Å². The van der Waals surface area contributed by atoms with Crippen LogP contribution in [-0.4, -0.2) is 10.8 Å². The lowest BCUT2D eigenvalue weighted by Crippen LogP contribution is -1.99. The lowest BCUT2D eigenvalue weighted by atomic mass is 10.3. The maximum absolute atomic E-state index is 10.4. The molecule has 2 aromatic carbocycles. The van der Waals surface area contributed by atoms with Crippen molar-refractivity contribution in [3.8, 4) is 0 Å². The molecule has 2 aromatic rings. The first-order chi connectivity index (χ1) is 7.79. The molecule has 3 rings (SSSR count). The molecule has 3 heteroatoms. The highest BCUT2D eigenvalue weighted by Crippen LogP contribution is 2.60. The van der Waals surface area contributed by atoms with Crippen molar-refractivity contribution in [2.45, 2.75) is 19.6 Å². The zero-order valence-corrected chi connectivity index (χ0v) is 10.7. The Morgan fingerprint density at radius 2 is 1.12 bits per heavy atom. The molecule has 0 spiro atoms. The lowest BCUT2D eigenvalue weighted by molar-refractivity contribution is 0.639. The zero-order chi connectivity index (χ0) is 11.1. The van der Waals surface area contributed by atoms with E-state index in [2.05, 4.69) is 42.7 Å². The average molecular weight is 250 g/mol. The quantitative estimate of drug-likeness (QED) is 0.605. The van der Waals surface area contributed by atoms with Gasteiger partial charge in [0, 0.05) is 19.6 Å². The van der Waals surface area contributed by atoms with Crippen LogP contribution in [0.25, 0.3) is 0 Å². The number of thiol groups is 2. The summed E-state index contributed by atoms with van der Waals surface area (Å²) in [6.07, 6.45) is 2.27. The molecule has 1 nitrogen and oxygen atoms in total. The molecule has 0 radical (unpaired) electrons. The monoisotopic (exact) mass is 250 g/mol. The summed E-state index contributed by atoms with van der Waals surface area (Å²) in [5, 5.41) is 0. The molecule has 1 heterocycles. The minimum absolute atomic E-state index is 0.294. The second kappa shape index (κ2) is 3.84. The van der Waals surface area contributed by atoms with Gasteiger partial charge in [-0.05, 0) is 30.5 Å². The van der Waals surface area contributed by atoms with E-state index in [0.717, 1.165) is 9.79 Å². The van der Waals surface area contributed by atoms with Crippen LogP contribution in [0.2, 0.25) is 0 Å². The Labute approximate surface area is 101 Å². The fraction of sp³-hybridized carbons (Fsp3) is 0.0769. The van der Waals surface area contributed by atoms with E-state index >= 15 is 0 Å². The van der Waals surface area contributed by atoms with E-state index in [-0.39, 0.29) is 10.9 Å². The van der Waals surface area contributed by atoms with Crippen LogP contribution in [0.3, 0.4) is 0 Å². The maximum atomic E-state index is 10.4. The van der Waals surface area contributed by atoms with Crippen molar-refractivity contribution in [2.75, 3.05) is 6.26 Å². The predicted octanol–water partition coefficient (Wildman–Crippen LogP) is 3.94. The number of hydrogen-bond acceptors (Lipinski definition) is 1. The SMILES string of the molecule is C[SH]1c2ccccc2[SH](O)c2ccccc21. The summed E-state index contributed by atoms with van der Waals surface area (Å²) in [5.41, 5.74) is 0. The van der Waals surface area contributed by atoms with Gasteiger partial charge >= 0.3 is 0 Å². The second-order valence-electron chi connectivity index (χ2n) is 3.85. The summed E-state index contributed by atoms with van der Waals surface area (Å²) in [6.45, 7) is 0. The minimum atomic E-state index is -1.13. The third-order valence-corrected chi connectivity index (χ3v) is 7.21. The molecule has 0 fully saturated rings. The van der Waals surface area contributed by atoms with Crippen molar-refractivity contribution in [1.29, 1.82) is 0 Å². The van der Waals surface area contributed by atoms with Gasteiger partial charge in [-0.25, -0.2) is 10.9 Å². The largest absolute Gasteiger partial charge is 0.345 e. The molecule has 1 aliphatic heterocycles. The number of rotatable bonds is 0. The highest BCUT2D eigenvalue weighted by atomic mass is 32.2. The van der Waals surface area contributed by atoms with E-state index in [1.54, 1.807) is 0 Å². The van der Waals surface area contributed by atoms with Gasteiger partial charge in [-0.3, -0.25) is 0 Å². The van der Waals surface area contributed by atoms with Crippen molar-refractivity contribution >= 4 is 22.1 Å². The summed E-state index contributed by atoms with van der Waals surface area (Å²) in [6, 6.07) is 16.6. The molecule has 0 aromatic heterocycles. The minimum Gasteiger partial charge on any atom is -0.345 e. The molecule has 0 amide bonds. The van der Waals surface area contributed by atoms with Gasteiger partial charge in [-0.2, -0.15) is 0 Å². The molecule has 0 saturated heterocycles. The molecule has 1 N–H and O–H groups in total. The Kier molecular flexibility index (Phi) is 2.46. The van der Waals surface area contributed by atoms with Crippen LogP contribution in [0.5, 0.6) is 0 Å². The highest BCUT2D eigenvalue weighted by Gasteiger charge is 2.23. The van der Waals surface area contributed by atoms with Gasteiger partial charge in [0.25, 0.3) is 0 Å². The van der Waals surface area contributed by atoms with Gasteiger partial charge in [-0.1, -0.05) is 35.4 Å². The first-order valence-electron chi connectivity index (χ1n) is 5.20. The molecule has 1 aliphatic rings. The Morgan fingerprint density at radius 3 is 1.56 bits per heavy atom. The predicted molar refractivity (Wildman–Crippen MR) is 72.5 cm³/mol. The maximum Gasteiger partial charge on any atom is 0.0263 e.